The first-order chi connectivity index (χ1) is 20.4. The Morgan fingerprint density at radius 3 is 2.62 bits per heavy atom. The van der Waals surface area contributed by atoms with Crippen LogP contribution in [0.15, 0.2) is 40.9 Å². The first kappa shape index (κ1) is 23.3. The predicted molar refractivity (Wildman–Crippen MR) is 152 cm³/mol. The van der Waals surface area contributed by atoms with E-state index in [-0.39, 0.29) is 23.2 Å². The Balaban J connectivity index is 1.47. The molecule has 1 aliphatic heterocycles. The first-order valence-electron chi connectivity index (χ1n) is 15.0. The van der Waals surface area contributed by atoms with Gasteiger partial charge in [0.05, 0.1) is 38.0 Å². The summed E-state index contributed by atoms with van der Waals surface area (Å²) >= 11 is 5.99. The molecule has 210 valence electrons. The zero-order chi connectivity index (χ0) is 30.6. The van der Waals surface area contributed by atoms with Crippen LogP contribution in [0.25, 0.3) is 22.2 Å². The molecule has 0 N–H and O–H groups in total. The van der Waals surface area contributed by atoms with E-state index in [1.165, 1.54) is 12.1 Å². The molecule has 2 amide bonds. The molecule has 2 fully saturated rings. The van der Waals surface area contributed by atoms with Gasteiger partial charge in [-0.2, -0.15) is 0 Å². The summed E-state index contributed by atoms with van der Waals surface area (Å²) in [5.74, 6) is 0.799. The molecule has 1 saturated heterocycles. The van der Waals surface area contributed by atoms with E-state index in [1.807, 2.05) is 32.0 Å². The van der Waals surface area contributed by atoms with Crippen LogP contribution in [0.1, 0.15) is 65.6 Å². The second kappa shape index (κ2) is 10.5. The van der Waals surface area contributed by atoms with Crippen LogP contribution in [-0.2, 0) is 4.74 Å². The lowest BCUT2D eigenvalue weighted by Gasteiger charge is -2.41. The molecule has 2 aromatic carbocycles. The van der Waals surface area contributed by atoms with E-state index in [2.05, 4.69) is 9.72 Å². The summed E-state index contributed by atoms with van der Waals surface area (Å²) in [5, 5.41) is 4.09. The monoisotopic (exact) mass is 568 g/mol. The molecule has 3 heterocycles. The van der Waals surface area contributed by atoms with Crippen LogP contribution in [0.2, 0.25) is 5.02 Å². The van der Waals surface area contributed by atoms with Gasteiger partial charge in [-0.1, -0.05) is 22.8 Å². The molecule has 8 nitrogen and oxygen atoms in total. The van der Waals surface area contributed by atoms with E-state index in [0.29, 0.717) is 55.9 Å². The number of imidazole rings is 1. The third-order valence-electron chi connectivity index (χ3n) is 8.28. The highest BCUT2D eigenvalue weighted by atomic mass is 35.5. The number of benzene rings is 2. The lowest BCUT2D eigenvalue weighted by molar-refractivity contribution is 0.0583. The van der Waals surface area contributed by atoms with Gasteiger partial charge in [-0.05, 0) is 81.8 Å². The fourth-order valence-corrected chi connectivity index (χ4v) is 6.35. The van der Waals surface area contributed by atoms with Gasteiger partial charge in [0.2, 0.25) is 0 Å². The summed E-state index contributed by atoms with van der Waals surface area (Å²) < 4.78 is 50.2. The highest BCUT2D eigenvalue weighted by molar-refractivity contribution is 6.30. The number of amides is 2. The van der Waals surface area contributed by atoms with Crippen LogP contribution in [0.5, 0.6) is 0 Å². The molecular weight excluding hydrogens is 533 g/mol. The van der Waals surface area contributed by atoms with Crippen LogP contribution in [0.3, 0.4) is 0 Å². The van der Waals surface area contributed by atoms with E-state index in [0.717, 1.165) is 27.9 Å². The standard InChI is InChI=1S/C30H33ClFN5O3/c1-17-28(18(2)40-34-17)19-5-12-26-25(15-19)33-29(36(26)20-6-9-22(39-4)10-7-20)27-13-14-35(3)30(38)37(27)21-8-11-23(31)24(32)16-21/h5,8,11-12,15-16,20,22,27H,6-7,9-10,13-14H2,1-4H3/t20-,22-,27-/m0/s1/i4D3. The number of aromatic nitrogens is 3. The molecule has 0 unspecified atom stereocenters. The molecule has 2 aromatic heterocycles. The average molecular weight is 569 g/mol. The van der Waals surface area contributed by atoms with Crippen molar-refractivity contribution >= 4 is 34.4 Å². The number of methoxy groups -OCH3 is 1. The summed E-state index contributed by atoms with van der Waals surface area (Å²) in [7, 11) is -0.718. The minimum atomic E-state index is -2.44. The summed E-state index contributed by atoms with van der Waals surface area (Å²) in [6, 6.07) is 9.71. The number of carbonyl (C=O) groups excluding carboxylic acids is 1. The number of carbonyl (C=O) groups is 1. The van der Waals surface area contributed by atoms with Gasteiger partial charge in [-0.15, -0.1) is 0 Å². The van der Waals surface area contributed by atoms with Gasteiger partial charge in [0.15, 0.2) is 0 Å². The van der Waals surface area contributed by atoms with Crippen molar-refractivity contribution in [1.82, 2.24) is 19.6 Å². The second-order valence-electron chi connectivity index (χ2n) is 10.8. The molecule has 0 bridgehead atoms. The number of rotatable bonds is 5. The average Bonchev–Trinajstić information content (AvgIpc) is 3.50. The fraction of sp³-hybridized carbons (Fsp3) is 0.433. The number of hydrogen-bond acceptors (Lipinski definition) is 5. The number of nitrogens with zero attached hydrogens (tertiary/aromatic N) is 5. The summed E-state index contributed by atoms with van der Waals surface area (Å²) in [6.07, 6.45) is 2.74. The van der Waals surface area contributed by atoms with E-state index < -0.39 is 18.9 Å². The van der Waals surface area contributed by atoms with Gasteiger partial charge < -0.3 is 18.7 Å². The molecule has 1 aliphatic carbocycles. The molecule has 1 saturated carbocycles. The van der Waals surface area contributed by atoms with Crippen molar-refractivity contribution < 1.29 is 22.6 Å². The van der Waals surface area contributed by atoms with E-state index >= 15 is 0 Å². The zero-order valence-corrected chi connectivity index (χ0v) is 23.4. The summed E-state index contributed by atoms with van der Waals surface area (Å²) in [6.45, 7) is 4.27. The fourth-order valence-electron chi connectivity index (χ4n) is 6.24. The highest BCUT2D eigenvalue weighted by Gasteiger charge is 2.38. The van der Waals surface area contributed by atoms with Crippen LogP contribution in [0, 0.1) is 19.7 Å². The maximum absolute atomic E-state index is 14.7. The Morgan fingerprint density at radius 2 is 1.93 bits per heavy atom. The third-order valence-corrected chi connectivity index (χ3v) is 8.58. The van der Waals surface area contributed by atoms with Gasteiger partial charge in [0.1, 0.15) is 17.4 Å². The zero-order valence-electron chi connectivity index (χ0n) is 25.7. The Labute approximate surface area is 241 Å². The predicted octanol–water partition coefficient (Wildman–Crippen LogP) is 7.23. The van der Waals surface area contributed by atoms with Crippen LogP contribution < -0.4 is 4.90 Å². The molecular formula is C30H33ClFN5O3. The summed E-state index contributed by atoms with van der Waals surface area (Å²) in [5.41, 5.74) is 4.66. The second-order valence-corrected chi connectivity index (χ2v) is 11.2. The van der Waals surface area contributed by atoms with Crippen LogP contribution in [-0.4, -0.2) is 52.4 Å². The van der Waals surface area contributed by atoms with E-state index in [4.69, 9.17) is 30.0 Å². The molecule has 6 rings (SSSR count). The van der Waals surface area contributed by atoms with Crippen LogP contribution >= 0.6 is 11.6 Å². The van der Waals surface area contributed by atoms with Crippen molar-refractivity contribution in [2.24, 2.45) is 0 Å². The van der Waals surface area contributed by atoms with Crippen molar-refractivity contribution in [2.45, 2.75) is 64.1 Å². The first-order valence-corrected chi connectivity index (χ1v) is 13.9. The summed E-state index contributed by atoms with van der Waals surface area (Å²) in [4.78, 5) is 22.0. The molecule has 40 heavy (non-hydrogen) atoms. The van der Waals surface area contributed by atoms with Crippen molar-refractivity contribution in [3.05, 3.63) is 64.5 Å². The largest absolute Gasteiger partial charge is 0.381 e. The van der Waals surface area contributed by atoms with Crippen molar-refractivity contribution in [2.75, 3.05) is 25.5 Å². The Morgan fingerprint density at radius 1 is 1.12 bits per heavy atom. The number of halogens is 2. The number of hydrogen-bond donors (Lipinski definition) is 0. The maximum Gasteiger partial charge on any atom is 0.324 e. The lowest BCUT2D eigenvalue weighted by Crippen LogP contribution is -2.50. The smallest absolute Gasteiger partial charge is 0.324 e. The Bertz CT molecular complexity index is 1660. The molecule has 1 atom stereocenters. The van der Waals surface area contributed by atoms with Gasteiger partial charge in [-0.3, -0.25) is 4.90 Å². The molecule has 2 aliphatic rings. The van der Waals surface area contributed by atoms with E-state index in [9.17, 15) is 9.18 Å². The van der Waals surface area contributed by atoms with E-state index in [1.54, 1.807) is 22.9 Å². The molecule has 0 radical (unpaired) electrons. The maximum atomic E-state index is 14.7. The Hall–Kier alpha value is -3.43. The quantitative estimate of drug-likeness (QED) is 0.254. The van der Waals surface area contributed by atoms with Gasteiger partial charge >= 0.3 is 6.03 Å². The lowest BCUT2D eigenvalue weighted by atomic mass is 9.92. The number of fused-ring (bicyclic) bond motifs is 1. The minimum absolute atomic E-state index is 0.0000673. The number of aryl methyl sites for hydroxylation is 2. The normalized spacial score (nSPS) is 23.4. The van der Waals surface area contributed by atoms with Crippen molar-refractivity contribution in [1.29, 1.82) is 0 Å². The molecule has 4 aromatic rings. The van der Waals surface area contributed by atoms with Crippen LogP contribution in [0.4, 0.5) is 14.9 Å². The third kappa shape index (κ3) is 4.55. The molecule has 10 heteroatoms. The number of anilines is 1. The Kier molecular flexibility index (Phi) is 6.13. The van der Waals surface area contributed by atoms with Crippen molar-refractivity contribution in [3.8, 4) is 11.1 Å². The molecule has 0 spiro atoms. The van der Waals surface area contributed by atoms with Gasteiger partial charge in [0, 0.05) is 37.9 Å². The topological polar surface area (TPSA) is 76.6 Å². The highest BCUT2D eigenvalue weighted by Crippen LogP contribution is 2.41. The number of urea groups is 1. The number of ether oxygens (including phenoxy) is 1. The van der Waals surface area contributed by atoms with Gasteiger partial charge in [0.25, 0.3) is 0 Å². The minimum Gasteiger partial charge on any atom is -0.381 e. The van der Waals surface area contributed by atoms with Crippen molar-refractivity contribution in [3.63, 3.8) is 0 Å². The van der Waals surface area contributed by atoms with Gasteiger partial charge in [-0.25, -0.2) is 14.2 Å². The SMILES string of the molecule is [2H]C([2H])([2H])O[C@H]1CC[C@H](n2c([C@@H]3CCN(C)C(=O)N3c3ccc(Cl)c(F)c3)nc3cc(-c4c(C)noc4C)ccc32)CC1.